The zero-order valence-electron chi connectivity index (χ0n) is 15.7. The fourth-order valence-electron chi connectivity index (χ4n) is 2.20. The first-order valence-electron chi connectivity index (χ1n) is 8.64. The molecule has 0 heterocycles. The highest BCUT2D eigenvalue weighted by Crippen LogP contribution is 2.17. The number of rotatable bonds is 9. The van der Waals surface area contributed by atoms with E-state index in [9.17, 15) is 9.59 Å². The van der Waals surface area contributed by atoms with Crippen molar-refractivity contribution in [2.75, 3.05) is 32.6 Å². The Bertz CT molecular complexity index is 762. The molecule has 7 nitrogen and oxygen atoms in total. The van der Waals surface area contributed by atoms with E-state index in [0.717, 1.165) is 0 Å². The smallest absolute Gasteiger partial charge is 0.262 e. The van der Waals surface area contributed by atoms with Gasteiger partial charge in [0.2, 0.25) is 0 Å². The summed E-state index contributed by atoms with van der Waals surface area (Å²) >= 11 is 0. The van der Waals surface area contributed by atoms with Gasteiger partial charge in [-0.25, -0.2) is 0 Å². The largest absolute Gasteiger partial charge is 0.497 e. The minimum atomic E-state index is -0.286. The Morgan fingerprint density at radius 2 is 1.81 bits per heavy atom. The molecule has 0 bridgehead atoms. The predicted molar refractivity (Wildman–Crippen MR) is 104 cm³/mol. The van der Waals surface area contributed by atoms with Gasteiger partial charge in [-0.3, -0.25) is 9.59 Å². The minimum absolute atomic E-state index is 0.136. The second-order valence-electron chi connectivity index (χ2n) is 5.99. The van der Waals surface area contributed by atoms with Gasteiger partial charge in [-0.15, -0.1) is 0 Å². The van der Waals surface area contributed by atoms with Crippen molar-refractivity contribution in [2.45, 2.75) is 13.0 Å². The molecule has 1 atom stereocenters. The molecule has 0 aliphatic rings. The third kappa shape index (κ3) is 6.63. The van der Waals surface area contributed by atoms with Crippen molar-refractivity contribution in [1.82, 2.24) is 10.6 Å². The number of hydrogen-bond donors (Lipinski definition) is 3. The van der Waals surface area contributed by atoms with Crippen LogP contribution >= 0.6 is 0 Å². The molecule has 144 valence electrons. The molecule has 3 N–H and O–H groups in total. The molecule has 1 unspecified atom stereocenters. The van der Waals surface area contributed by atoms with Gasteiger partial charge in [0, 0.05) is 29.9 Å². The maximum atomic E-state index is 12.0. The van der Waals surface area contributed by atoms with E-state index in [1.54, 1.807) is 55.6 Å². The van der Waals surface area contributed by atoms with Crippen LogP contribution in [-0.2, 0) is 4.79 Å². The van der Waals surface area contributed by atoms with Crippen molar-refractivity contribution in [1.29, 1.82) is 0 Å². The number of likely N-dealkylation sites (N-methyl/N-ethyl adjacent to an activating group) is 1. The van der Waals surface area contributed by atoms with E-state index in [2.05, 4.69) is 16.0 Å². The van der Waals surface area contributed by atoms with Crippen LogP contribution in [-0.4, -0.2) is 45.2 Å². The van der Waals surface area contributed by atoms with Gasteiger partial charge in [0.1, 0.15) is 11.5 Å². The van der Waals surface area contributed by atoms with Crippen LogP contribution < -0.4 is 25.4 Å². The van der Waals surface area contributed by atoms with Crippen LogP contribution in [0.1, 0.15) is 17.3 Å². The van der Waals surface area contributed by atoms with Crippen LogP contribution in [0.4, 0.5) is 5.69 Å². The molecule has 0 saturated carbocycles. The molecular weight excluding hydrogens is 346 g/mol. The van der Waals surface area contributed by atoms with Crippen LogP contribution in [0.2, 0.25) is 0 Å². The SMILES string of the molecule is CNC(C)CNC(=O)c1ccc(OCC(=O)Nc2cccc(OC)c2)cc1. The second kappa shape index (κ2) is 10.2. The Labute approximate surface area is 159 Å². The van der Waals surface area contributed by atoms with Gasteiger partial charge in [-0.2, -0.15) is 0 Å². The molecule has 2 amide bonds. The summed E-state index contributed by atoms with van der Waals surface area (Å²) in [4.78, 5) is 24.0. The Hall–Kier alpha value is -3.06. The summed E-state index contributed by atoms with van der Waals surface area (Å²) in [6.07, 6.45) is 0. The van der Waals surface area contributed by atoms with Crippen molar-refractivity contribution >= 4 is 17.5 Å². The van der Waals surface area contributed by atoms with Gasteiger partial charge >= 0.3 is 0 Å². The molecule has 2 rings (SSSR count). The number of benzene rings is 2. The fraction of sp³-hybridized carbons (Fsp3) is 0.300. The third-order valence-corrected chi connectivity index (χ3v) is 3.90. The van der Waals surface area contributed by atoms with Crippen LogP contribution in [0, 0.1) is 0 Å². The van der Waals surface area contributed by atoms with Crippen LogP contribution in [0.25, 0.3) is 0 Å². The van der Waals surface area contributed by atoms with Gasteiger partial charge in [0.05, 0.1) is 7.11 Å². The molecule has 0 aliphatic carbocycles. The summed E-state index contributed by atoms with van der Waals surface area (Å²) < 4.78 is 10.6. The zero-order valence-corrected chi connectivity index (χ0v) is 15.7. The lowest BCUT2D eigenvalue weighted by Crippen LogP contribution is -2.37. The Kier molecular flexibility index (Phi) is 7.63. The van der Waals surface area contributed by atoms with E-state index < -0.39 is 0 Å². The summed E-state index contributed by atoms with van der Waals surface area (Å²) in [5.74, 6) is 0.730. The normalized spacial score (nSPS) is 11.4. The van der Waals surface area contributed by atoms with E-state index in [0.29, 0.717) is 29.3 Å². The number of methoxy groups -OCH3 is 1. The summed E-state index contributed by atoms with van der Waals surface area (Å²) in [5, 5.41) is 8.63. The van der Waals surface area contributed by atoms with Gasteiger partial charge in [-0.1, -0.05) is 6.07 Å². The first kappa shape index (κ1) is 20.3. The maximum Gasteiger partial charge on any atom is 0.262 e. The Balaban J connectivity index is 1.82. The molecular formula is C20H25N3O4. The molecule has 0 radical (unpaired) electrons. The number of amides is 2. The van der Waals surface area contributed by atoms with Crippen molar-refractivity contribution in [3.8, 4) is 11.5 Å². The van der Waals surface area contributed by atoms with E-state index in [1.807, 2.05) is 14.0 Å². The van der Waals surface area contributed by atoms with Crippen LogP contribution in [0.3, 0.4) is 0 Å². The van der Waals surface area contributed by atoms with Crippen molar-refractivity contribution in [3.63, 3.8) is 0 Å². The minimum Gasteiger partial charge on any atom is -0.497 e. The number of nitrogens with one attached hydrogen (secondary N) is 3. The molecule has 2 aromatic carbocycles. The van der Waals surface area contributed by atoms with Gasteiger partial charge < -0.3 is 25.4 Å². The highest BCUT2D eigenvalue weighted by atomic mass is 16.5. The lowest BCUT2D eigenvalue weighted by molar-refractivity contribution is -0.118. The van der Waals surface area contributed by atoms with Gasteiger partial charge in [0.15, 0.2) is 6.61 Å². The molecule has 0 fully saturated rings. The maximum absolute atomic E-state index is 12.0. The van der Waals surface area contributed by atoms with Gasteiger partial charge in [-0.05, 0) is 50.4 Å². The summed E-state index contributed by atoms with van der Waals surface area (Å²) in [6, 6.07) is 13.9. The number of carbonyl (C=O) groups excluding carboxylic acids is 2. The second-order valence-corrected chi connectivity index (χ2v) is 5.99. The predicted octanol–water partition coefficient (Wildman–Crippen LogP) is 2.05. The molecule has 0 aromatic heterocycles. The first-order chi connectivity index (χ1) is 13.0. The van der Waals surface area contributed by atoms with Crippen molar-refractivity contribution in [3.05, 3.63) is 54.1 Å². The average molecular weight is 371 g/mol. The van der Waals surface area contributed by atoms with E-state index in [-0.39, 0.29) is 24.5 Å². The average Bonchev–Trinajstić information content (AvgIpc) is 2.70. The van der Waals surface area contributed by atoms with Gasteiger partial charge in [0.25, 0.3) is 11.8 Å². The lowest BCUT2D eigenvalue weighted by atomic mass is 10.2. The zero-order chi connectivity index (χ0) is 19.6. The quantitative estimate of drug-likeness (QED) is 0.628. The molecule has 7 heteroatoms. The molecule has 2 aromatic rings. The topological polar surface area (TPSA) is 88.7 Å². The lowest BCUT2D eigenvalue weighted by Gasteiger charge is -2.12. The number of carbonyl (C=O) groups is 2. The summed E-state index contributed by atoms with van der Waals surface area (Å²) in [7, 11) is 3.41. The fourth-order valence-corrected chi connectivity index (χ4v) is 2.20. The number of anilines is 1. The summed E-state index contributed by atoms with van der Waals surface area (Å²) in [5.41, 5.74) is 1.16. The van der Waals surface area contributed by atoms with E-state index in [4.69, 9.17) is 9.47 Å². The monoisotopic (exact) mass is 371 g/mol. The molecule has 0 saturated heterocycles. The number of ether oxygens (including phenoxy) is 2. The van der Waals surface area contributed by atoms with Crippen molar-refractivity contribution < 1.29 is 19.1 Å². The number of hydrogen-bond acceptors (Lipinski definition) is 5. The van der Waals surface area contributed by atoms with Crippen LogP contribution in [0.15, 0.2) is 48.5 Å². The summed E-state index contributed by atoms with van der Waals surface area (Å²) in [6.45, 7) is 2.38. The van der Waals surface area contributed by atoms with Crippen molar-refractivity contribution in [2.24, 2.45) is 0 Å². The third-order valence-electron chi connectivity index (χ3n) is 3.90. The molecule has 0 spiro atoms. The Morgan fingerprint density at radius 1 is 1.07 bits per heavy atom. The molecule has 27 heavy (non-hydrogen) atoms. The highest BCUT2D eigenvalue weighted by Gasteiger charge is 2.08. The first-order valence-corrected chi connectivity index (χ1v) is 8.64. The van der Waals surface area contributed by atoms with E-state index in [1.165, 1.54) is 0 Å². The Morgan fingerprint density at radius 3 is 2.48 bits per heavy atom. The van der Waals surface area contributed by atoms with E-state index >= 15 is 0 Å². The van der Waals surface area contributed by atoms with Crippen LogP contribution in [0.5, 0.6) is 11.5 Å². The highest BCUT2D eigenvalue weighted by molar-refractivity contribution is 5.94. The standard InChI is InChI=1S/C20H25N3O4/c1-14(21-2)12-22-20(25)15-7-9-17(10-8-15)27-13-19(24)23-16-5-4-6-18(11-16)26-3/h4-11,14,21H,12-13H2,1-3H3,(H,22,25)(H,23,24). The molecule has 0 aliphatic heterocycles.